The second kappa shape index (κ2) is 8.61. The van der Waals surface area contributed by atoms with Gasteiger partial charge in [0, 0.05) is 24.2 Å². The Balaban J connectivity index is 3.06. The highest BCUT2D eigenvalue weighted by Crippen LogP contribution is 2.26. The van der Waals surface area contributed by atoms with Gasteiger partial charge >= 0.3 is 0 Å². The molecule has 0 saturated carbocycles. The minimum atomic E-state index is -0.588. The van der Waals surface area contributed by atoms with Gasteiger partial charge < -0.3 is 16.4 Å². The number of aromatic nitrogens is 2. The van der Waals surface area contributed by atoms with Crippen LogP contribution in [0.3, 0.4) is 0 Å². The van der Waals surface area contributed by atoms with Gasteiger partial charge in [0.2, 0.25) is 5.95 Å². The molecule has 7 heteroatoms. The normalized spacial score (nSPS) is 13.4. The average molecular weight is 337 g/mol. The van der Waals surface area contributed by atoms with Crippen LogP contribution in [-0.2, 0) is 0 Å². The molecule has 134 valence electrons. The molecule has 0 aliphatic heterocycles. The van der Waals surface area contributed by atoms with E-state index in [2.05, 4.69) is 34.1 Å². The first kappa shape index (κ1) is 19.9. The lowest BCUT2D eigenvalue weighted by atomic mass is 9.90. The number of rotatable bonds is 10. The van der Waals surface area contributed by atoms with Crippen molar-refractivity contribution < 1.29 is 9.18 Å². The number of hydrogen-bond donors (Lipinski definition) is 3. The van der Waals surface area contributed by atoms with Gasteiger partial charge in [0.25, 0.3) is 5.91 Å². The zero-order chi connectivity index (χ0) is 18.3. The summed E-state index contributed by atoms with van der Waals surface area (Å²) in [6.45, 7) is 11.3. The number of allylic oxidation sites excluding steroid dienone is 1. The maximum atomic E-state index is 13.0. The fourth-order valence-electron chi connectivity index (χ4n) is 2.49. The van der Waals surface area contributed by atoms with Gasteiger partial charge in [0.1, 0.15) is 5.82 Å². The van der Waals surface area contributed by atoms with Crippen molar-refractivity contribution in [2.75, 3.05) is 10.6 Å². The predicted molar refractivity (Wildman–Crippen MR) is 95.7 cm³/mol. The summed E-state index contributed by atoms with van der Waals surface area (Å²) in [5.74, 6) is -0.159. The van der Waals surface area contributed by atoms with E-state index >= 15 is 0 Å². The van der Waals surface area contributed by atoms with Crippen molar-refractivity contribution in [3.8, 4) is 0 Å². The molecular weight excluding hydrogens is 309 g/mol. The number of nitrogens with two attached hydrogens (primary N) is 1. The van der Waals surface area contributed by atoms with Crippen molar-refractivity contribution in [2.24, 2.45) is 5.73 Å². The topological polar surface area (TPSA) is 92.9 Å². The highest BCUT2D eigenvalue weighted by atomic mass is 19.1. The molecule has 0 aliphatic rings. The quantitative estimate of drug-likeness (QED) is 0.606. The maximum Gasteiger partial charge on any atom is 0.254 e. The number of carbonyl (C=O) groups excluding carboxylic acids is 1. The molecule has 0 bridgehead atoms. The monoisotopic (exact) mass is 337 g/mol. The Labute approximate surface area is 143 Å². The van der Waals surface area contributed by atoms with E-state index in [0.717, 1.165) is 12.8 Å². The van der Waals surface area contributed by atoms with E-state index in [1.54, 1.807) is 0 Å². The summed E-state index contributed by atoms with van der Waals surface area (Å²) in [5, 5.41) is 6.37. The zero-order valence-electron chi connectivity index (χ0n) is 14.9. The summed E-state index contributed by atoms with van der Waals surface area (Å²) in [6, 6.07) is 0.0859. The summed E-state index contributed by atoms with van der Waals surface area (Å²) < 4.78 is 13.0. The van der Waals surface area contributed by atoms with Crippen LogP contribution in [0.25, 0.3) is 0 Å². The van der Waals surface area contributed by atoms with Crippen molar-refractivity contribution >= 4 is 17.7 Å². The van der Waals surface area contributed by atoms with E-state index in [-0.39, 0.29) is 29.4 Å². The van der Waals surface area contributed by atoms with Crippen molar-refractivity contribution in [2.45, 2.75) is 65.0 Å². The highest BCUT2D eigenvalue weighted by Gasteiger charge is 2.25. The molecular formula is C17H28FN5O. The lowest BCUT2D eigenvalue weighted by Gasteiger charge is -2.31. The summed E-state index contributed by atoms with van der Waals surface area (Å²) in [4.78, 5) is 20.1. The molecule has 1 aromatic rings. The van der Waals surface area contributed by atoms with Crippen molar-refractivity contribution in [1.82, 2.24) is 9.97 Å². The summed E-state index contributed by atoms with van der Waals surface area (Å²) in [5.41, 5.74) is 5.24. The molecule has 6 nitrogen and oxygen atoms in total. The lowest BCUT2D eigenvalue weighted by Crippen LogP contribution is -2.35. The first-order valence-corrected chi connectivity index (χ1v) is 8.21. The molecule has 1 atom stereocenters. The molecule has 4 N–H and O–H groups in total. The van der Waals surface area contributed by atoms with Crippen LogP contribution < -0.4 is 16.4 Å². The Morgan fingerprint density at radius 3 is 2.62 bits per heavy atom. The Hall–Kier alpha value is -2.18. The third-order valence-electron chi connectivity index (χ3n) is 3.64. The van der Waals surface area contributed by atoms with Crippen molar-refractivity contribution in [1.29, 1.82) is 0 Å². The second-order valence-corrected chi connectivity index (χ2v) is 6.57. The van der Waals surface area contributed by atoms with Gasteiger partial charge in [-0.1, -0.05) is 19.9 Å². The molecule has 0 fully saturated rings. The van der Waals surface area contributed by atoms with Crippen LogP contribution in [0.4, 0.5) is 16.2 Å². The van der Waals surface area contributed by atoms with Crippen LogP contribution in [0.1, 0.15) is 63.7 Å². The fraction of sp³-hybridized carbons (Fsp3) is 0.588. The molecule has 0 aromatic carbocycles. The van der Waals surface area contributed by atoms with Crippen LogP contribution in [0.5, 0.6) is 0 Å². The van der Waals surface area contributed by atoms with Crippen LogP contribution in [0.2, 0.25) is 0 Å². The van der Waals surface area contributed by atoms with Gasteiger partial charge in [-0.05, 0) is 33.6 Å². The molecule has 1 unspecified atom stereocenters. The summed E-state index contributed by atoms with van der Waals surface area (Å²) >= 11 is 0. The number of amides is 1. The van der Waals surface area contributed by atoms with E-state index in [4.69, 9.17) is 5.73 Å². The number of primary amides is 1. The molecule has 1 aromatic heterocycles. The number of hydrogen-bond acceptors (Lipinski definition) is 5. The Bertz CT molecular complexity index is 590. The Morgan fingerprint density at radius 2 is 2.12 bits per heavy atom. The van der Waals surface area contributed by atoms with Gasteiger partial charge in [-0.2, -0.15) is 4.98 Å². The molecule has 0 aliphatic carbocycles. The predicted octanol–water partition coefficient (Wildman–Crippen LogP) is 3.63. The number of halogens is 1. The minimum absolute atomic E-state index is 0.0859. The summed E-state index contributed by atoms with van der Waals surface area (Å²) in [6.07, 6.45) is 4.01. The van der Waals surface area contributed by atoms with Crippen molar-refractivity contribution in [3.63, 3.8) is 0 Å². The van der Waals surface area contributed by atoms with E-state index in [0.29, 0.717) is 18.2 Å². The molecule has 0 saturated heterocycles. The Kier molecular flexibility index (Phi) is 7.13. The van der Waals surface area contributed by atoms with Crippen molar-refractivity contribution in [3.05, 3.63) is 24.2 Å². The molecule has 1 rings (SSSR count). The molecule has 0 spiro atoms. The van der Waals surface area contributed by atoms with Gasteiger partial charge in [-0.3, -0.25) is 4.79 Å². The van der Waals surface area contributed by atoms with Gasteiger partial charge in [-0.15, -0.1) is 0 Å². The number of anilines is 2. The van der Waals surface area contributed by atoms with Crippen LogP contribution >= 0.6 is 0 Å². The minimum Gasteiger partial charge on any atom is -0.367 e. The fourth-order valence-corrected chi connectivity index (χ4v) is 2.49. The van der Waals surface area contributed by atoms with E-state index in [1.807, 2.05) is 20.8 Å². The maximum absolute atomic E-state index is 13.0. The van der Waals surface area contributed by atoms with E-state index in [9.17, 15) is 9.18 Å². The van der Waals surface area contributed by atoms with E-state index in [1.165, 1.54) is 6.20 Å². The SMILES string of the molecule is C=C(F)CCC(C)(CCC)Nc1ncc(C(N)=O)c(NC(C)C)n1. The van der Waals surface area contributed by atoms with Crippen LogP contribution in [0, 0.1) is 0 Å². The number of nitrogens with one attached hydrogen (secondary N) is 2. The molecule has 1 heterocycles. The smallest absolute Gasteiger partial charge is 0.254 e. The van der Waals surface area contributed by atoms with Gasteiger partial charge in [0.15, 0.2) is 0 Å². The van der Waals surface area contributed by atoms with Crippen LogP contribution in [-0.4, -0.2) is 27.5 Å². The third-order valence-corrected chi connectivity index (χ3v) is 3.64. The standard InChI is InChI=1S/C17H28FN5O/c1-6-8-17(5,9-7-12(4)18)23-16-20-10-13(14(19)24)15(22-16)21-11(2)3/h10-11H,4,6-9H2,1-3,5H3,(H2,19,24)(H2,20,21,22,23). The van der Waals surface area contributed by atoms with E-state index < -0.39 is 5.91 Å². The third kappa shape index (κ3) is 6.14. The lowest BCUT2D eigenvalue weighted by molar-refractivity contribution is 0.100. The van der Waals surface area contributed by atoms with Gasteiger partial charge in [-0.25, -0.2) is 9.37 Å². The molecule has 1 amide bonds. The number of nitrogens with zero attached hydrogens (tertiary/aromatic N) is 2. The van der Waals surface area contributed by atoms with Gasteiger partial charge in [0.05, 0.1) is 11.4 Å². The molecule has 0 radical (unpaired) electrons. The Morgan fingerprint density at radius 1 is 1.46 bits per heavy atom. The average Bonchev–Trinajstić information content (AvgIpc) is 2.44. The first-order chi connectivity index (χ1) is 11.2. The van der Waals surface area contributed by atoms with Crippen LogP contribution in [0.15, 0.2) is 18.6 Å². The zero-order valence-corrected chi connectivity index (χ0v) is 14.9. The highest BCUT2D eigenvalue weighted by molar-refractivity contribution is 5.97. The second-order valence-electron chi connectivity index (χ2n) is 6.57. The number of carbonyl (C=O) groups is 1. The first-order valence-electron chi connectivity index (χ1n) is 8.21. The molecule has 24 heavy (non-hydrogen) atoms. The summed E-state index contributed by atoms with van der Waals surface area (Å²) in [7, 11) is 0. The largest absolute Gasteiger partial charge is 0.367 e.